The first-order valence-electron chi connectivity index (χ1n) is 6.77. The number of rotatable bonds is 4. The summed E-state index contributed by atoms with van der Waals surface area (Å²) in [5.41, 5.74) is 0.0189. The molecule has 0 radical (unpaired) electrons. The lowest BCUT2D eigenvalue weighted by atomic mass is 9.89. The highest BCUT2D eigenvalue weighted by Gasteiger charge is 2.26. The molecule has 1 aliphatic heterocycles. The molecular formula is C14H25NO3. The SMILES string of the molecule is CC(C)(C)CC(=O)N1CCCC(CCC(=O)O)C1. The second-order valence-electron chi connectivity index (χ2n) is 6.52. The molecule has 1 rings (SSSR count). The zero-order valence-corrected chi connectivity index (χ0v) is 11.7. The molecule has 0 bridgehead atoms. The summed E-state index contributed by atoms with van der Waals surface area (Å²) in [6, 6.07) is 0. The van der Waals surface area contributed by atoms with E-state index in [4.69, 9.17) is 5.11 Å². The number of carboxylic acid groups (broad SMARTS) is 1. The van der Waals surface area contributed by atoms with E-state index in [2.05, 4.69) is 20.8 Å². The fourth-order valence-corrected chi connectivity index (χ4v) is 2.42. The van der Waals surface area contributed by atoms with E-state index in [1.165, 1.54) is 0 Å². The maximum absolute atomic E-state index is 12.1. The number of piperidine rings is 1. The zero-order valence-electron chi connectivity index (χ0n) is 11.7. The summed E-state index contributed by atoms with van der Waals surface area (Å²) in [4.78, 5) is 24.6. The summed E-state index contributed by atoms with van der Waals surface area (Å²) in [5.74, 6) is -0.172. The van der Waals surface area contributed by atoms with E-state index in [9.17, 15) is 9.59 Å². The van der Waals surface area contributed by atoms with Crippen molar-refractivity contribution in [1.82, 2.24) is 4.90 Å². The fourth-order valence-electron chi connectivity index (χ4n) is 2.42. The van der Waals surface area contributed by atoms with E-state index in [0.29, 0.717) is 18.8 Å². The van der Waals surface area contributed by atoms with Crippen molar-refractivity contribution in [1.29, 1.82) is 0 Å². The molecule has 1 N–H and O–H groups in total. The molecule has 0 saturated carbocycles. The van der Waals surface area contributed by atoms with Gasteiger partial charge in [-0.25, -0.2) is 0 Å². The van der Waals surface area contributed by atoms with Crippen LogP contribution in [0.1, 0.15) is 52.9 Å². The number of amides is 1. The molecule has 1 aliphatic rings. The van der Waals surface area contributed by atoms with Crippen molar-refractivity contribution < 1.29 is 14.7 Å². The average molecular weight is 255 g/mol. The maximum Gasteiger partial charge on any atom is 0.303 e. The van der Waals surface area contributed by atoms with Crippen LogP contribution in [-0.2, 0) is 9.59 Å². The van der Waals surface area contributed by atoms with Crippen LogP contribution in [0.2, 0.25) is 0 Å². The topological polar surface area (TPSA) is 57.6 Å². The number of carboxylic acids is 1. The summed E-state index contributed by atoms with van der Waals surface area (Å²) >= 11 is 0. The van der Waals surface area contributed by atoms with Crippen LogP contribution in [0, 0.1) is 11.3 Å². The van der Waals surface area contributed by atoms with Gasteiger partial charge in [0.15, 0.2) is 0 Å². The van der Waals surface area contributed by atoms with Gasteiger partial charge in [-0.05, 0) is 30.6 Å². The normalized spacial score (nSPS) is 20.8. The van der Waals surface area contributed by atoms with E-state index in [-0.39, 0.29) is 17.7 Å². The van der Waals surface area contributed by atoms with E-state index in [0.717, 1.165) is 25.9 Å². The number of carbonyl (C=O) groups is 2. The molecule has 0 spiro atoms. The molecule has 1 amide bonds. The number of aliphatic carboxylic acids is 1. The molecule has 1 atom stereocenters. The number of carbonyl (C=O) groups excluding carboxylic acids is 1. The van der Waals surface area contributed by atoms with Gasteiger partial charge in [-0.3, -0.25) is 9.59 Å². The Morgan fingerprint density at radius 2 is 2.00 bits per heavy atom. The van der Waals surface area contributed by atoms with E-state index in [1.54, 1.807) is 0 Å². The third-order valence-electron chi connectivity index (χ3n) is 3.32. The minimum Gasteiger partial charge on any atom is -0.481 e. The van der Waals surface area contributed by atoms with Crippen molar-refractivity contribution in [3.63, 3.8) is 0 Å². The Labute approximate surface area is 109 Å². The fraction of sp³-hybridized carbons (Fsp3) is 0.857. The second-order valence-corrected chi connectivity index (χ2v) is 6.52. The van der Waals surface area contributed by atoms with E-state index < -0.39 is 5.97 Å². The highest BCUT2D eigenvalue weighted by atomic mass is 16.4. The number of hydrogen-bond donors (Lipinski definition) is 1. The van der Waals surface area contributed by atoms with Gasteiger partial charge in [-0.1, -0.05) is 20.8 Å². The summed E-state index contributed by atoms with van der Waals surface area (Å²) in [6.07, 6.45) is 3.52. The second kappa shape index (κ2) is 6.21. The van der Waals surface area contributed by atoms with Crippen LogP contribution < -0.4 is 0 Å². The average Bonchev–Trinajstić information content (AvgIpc) is 2.24. The molecule has 0 aromatic carbocycles. The third kappa shape index (κ3) is 5.52. The summed E-state index contributed by atoms with van der Waals surface area (Å²) in [7, 11) is 0. The lowest BCUT2D eigenvalue weighted by Gasteiger charge is -2.34. The van der Waals surface area contributed by atoms with Crippen LogP contribution in [0.5, 0.6) is 0 Å². The Bertz CT molecular complexity index is 307. The van der Waals surface area contributed by atoms with Crippen LogP contribution >= 0.6 is 0 Å². The number of hydrogen-bond acceptors (Lipinski definition) is 2. The predicted octanol–water partition coefficient (Wildman–Crippen LogP) is 2.53. The van der Waals surface area contributed by atoms with Crippen molar-refractivity contribution in [2.24, 2.45) is 11.3 Å². The quantitative estimate of drug-likeness (QED) is 0.839. The highest BCUT2D eigenvalue weighted by molar-refractivity contribution is 5.76. The van der Waals surface area contributed by atoms with Crippen LogP contribution in [0.25, 0.3) is 0 Å². The monoisotopic (exact) mass is 255 g/mol. The highest BCUT2D eigenvalue weighted by Crippen LogP contribution is 2.25. The van der Waals surface area contributed by atoms with Crippen molar-refractivity contribution in [2.45, 2.75) is 52.9 Å². The molecule has 1 saturated heterocycles. The Balaban J connectivity index is 2.43. The molecule has 1 unspecified atom stereocenters. The van der Waals surface area contributed by atoms with Crippen LogP contribution in [0.15, 0.2) is 0 Å². The van der Waals surface area contributed by atoms with Gasteiger partial charge in [0.05, 0.1) is 0 Å². The Morgan fingerprint density at radius 1 is 1.33 bits per heavy atom. The van der Waals surface area contributed by atoms with Gasteiger partial charge >= 0.3 is 5.97 Å². The Hall–Kier alpha value is -1.06. The lowest BCUT2D eigenvalue weighted by Crippen LogP contribution is -2.41. The van der Waals surface area contributed by atoms with Gasteiger partial charge in [-0.15, -0.1) is 0 Å². The number of nitrogens with zero attached hydrogens (tertiary/aromatic N) is 1. The van der Waals surface area contributed by atoms with Crippen LogP contribution in [0.3, 0.4) is 0 Å². The standard InChI is InChI=1S/C14H25NO3/c1-14(2,3)9-12(16)15-8-4-5-11(10-15)6-7-13(17)18/h11H,4-10H2,1-3H3,(H,17,18). The molecule has 1 heterocycles. The van der Waals surface area contributed by atoms with Gasteiger partial charge in [0.2, 0.25) is 5.91 Å². The minimum atomic E-state index is -0.742. The molecule has 0 aromatic rings. The molecule has 104 valence electrons. The van der Waals surface area contributed by atoms with Crippen LogP contribution in [0.4, 0.5) is 0 Å². The van der Waals surface area contributed by atoms with Crippen molar-refractivity contribution in [3.05, 3.63) is 0 Å². The largest absolute Gasteiger partial charge is 0.481 e. The molecule has 1 fully saturated rings. The van der Waals surface area contributed by atoms with Gasteiger partial charge in [0, 0.05) is 25.9 Å². The summed E-state index contributed by atoms with van der Waals surface area (Å²) in [5, 5.41) is 8.69. The lowest BCUT2D eigenvalue weighted by molar-refractivity contribution is -0.137. The molecule has 18 heavy (non-hydrogen) atoms. The van der Waals surface area contributed by atoms with Gasteiger partial charge in [0.25, 0.3) is 0 Å². The summed E-state index contributed by atoms with van der Waals surface area (Å²) < 4.78 is 0. The van der Waals surface area contributed by atoms with Gasteiger partial charge < -0.3 is 10.0 Å². The summed E-state index contributed by atoms with van der Waals surface area (Å²) in [6.45, 7) is 7.77. The van der Waals surface area contributed by atoms with Gasteiger partial charge in [0.1, 0.15) is 0 Å². The van der Waals surface area contributed by atoms with E-state index in [1.807, 2.05) is 4.90 Å². The van der Waals surface area contributed by atoms with Crippen LogP contribution in [-0.4, -0.2) is 35.0 Å². The first kappa shape index (κ1) is 15.0. The molecular weight excluding hydrogens is 230 g/mol. The first-order chi connectivity index (χ1) is 8.28. The first-order valence-corrected chi connectivity index (χ1v) is 6.77. The molecule has 0 aromatic heterocycles. The molecule has 0 aliphatic carbocycles. The Morgan fingerprint density at radius 3 is 2.56 bits per heavy atom. The van der Waals surface area contributed by atoms with E-state index >= 15 is 0 Å². The Kier molecular flexibility index (Phi) is 5.17. The van der Waals surface area contributed by atoms with Crippen molar-refractivity contribution in [2.75, 3.05) is 13.1 Å². The number of likely N-dealkylation sites (tertiary alicyclic amines) is 1. The third-order valence-corrected chi connectivity index (χ3v) is 3.32. The predicted molar refractivity (Wildman–Crippen MR) is 70.2 cm³/mol. The molecule has 4 nitrogen and oxygen atoms in total. The molecule has 4 heteroatoms. The maximum atomic E-state index is 12.1. The zero-order chi connectivity index (χ0) is 13.8. The van der Waals surface area contributed by atoms with Crippen molar-refractivity contribution >= 4 is 11.9 Å². The van der Waals surface area contributed by atoms with Crippen molar-refractivity contribution in [3.8, 4) is 0 Å². The van der Waals surface area contributed by atoms with Gasteiger partial charge in [-0.2, -0.15) is 0 Å². The minimum absolute atomic E-state index is 0.0189. The smallest absolute Gasteiger partial charge is 0.303 e.